The number of carboxylic acids is 1. The van der Waals surface area contributed by atoms with E-state index < -0.39 is 21.8 Å². The molecule has 1 aliphatic carbocycles. The van der Waals surface area contributed by atoms with Crippen molar-refractivity contribution in [3.05, 3.63) is 33.7 Å². The molecule has 0 amide bonds. The van der Waals surface area contributed by atoms with Crippen molar-refractivity contribution in [2.75, 3.05) is 25.4 Å². The molecule has 1 aromatic carbocycles. The second-order valence-corrected chi connectivity index (χ2v) is 10.5. The van der Waals surface area contributed by atoms with E-state index in [1.165, 1.54) is 12.8 Å². The molecule has 0 unspecified atom stereocenters. The Morgan fingerprint density at radius 1 is 1.28 bits per heavy atom. The van der Waals surface area contributed by atoms with Gasteiger partial charge in [0, 0.05) is 36.2 Å². The van der Waals surface area contributed by atoms with Crippen LogP contribution in [0.2, 0.25) is 5.02 Å². The molecule has 2 fully saturated rings. The number of piperidine rings is 1. The fourth-order valence-corrected chi connectivity index (χ4v) is 5.11. The largest absolute Gasteiger partial charge is 0.748 e. The van der Waals surface area contributed by atoms with Gasteiger partial charge in [0.15, 0.2) is 0 Å². The van der Waals surface area contributed by atoms with Crippen LogP contribution in [0.3, 0.4) is 0 Å². The predicted molar refractivity (Wildman–Crippen MR) is 120 cm³/mol. The third-order valence-corrected chi connectivity index (χ3v) is 6.87. The number of hydrogen-bond acceptors (Lipinski definition) is 7. The number of halogens is 1. The number of carboxylic acid groups (broad SMARTS) is 1. The van der Waals surface area contributed by atoms with Crippen LogP contribution >= 0.6 is 11.6 Å². The number of aromatic nitrogens is 2. The Morgan fingerprint density at radius 3 is 2.44 bits per heavy atom. The maximum Gasteiger partial charge on any atom is 0.326 e. The number of imidazole rings is 1. The SMILES string of the molecule is NC1(CN2CCC(n3c(=O)[nH]c4cc(Cl)ccc43)CC2)CCCC1.O=C(O)CS(=O)(=O)[O-]. The minimum absolute atomic E-state index is 0.0151. The van der Waals surface area contributed by atoms with Gasteiger partial charge in [-0.15, -0.1) is 0 Å². The number of nitrogens with two attached hydrogens (primary N) is 1. The molecular weight excluding hydrogens is 460 g/mol. The molecule has 1 saturated carbocycles. The summed E-state index contributed by atoms with van der Waals surface area (Å²) in [5, 5.41) is 8.32. The van der Waals surface area contributed by atoms with Crippen molar-refractivity contribution in [2.24, 2.45) is 5.73 Å². The van der Waals surface area contributed by atoms with Crippen molar-refractivity contribution in [3.63, 3.8) is 0 Å². The van der Waals surface area contributed by atoms with Gasteiger partial charge in [-0.25, -0.2) is 13.2 Å². The van der Waals surface area contributed by atoms with Crippen molar-refractivity contribution in [3.8, 4) is 0 Å². The highest BCUT2D eigenvalue weighted by Crippen LogP contribution is 2.31. The Kier molecular flexibility index (Phi) is 7.66. The highest BCUT2D eigenvalue weighted by atomic mass is 35.5. The molecule has 1 aromatic heterocycles. The van der Waals surface area contributed by atoms with Crippen molar-refractivity contribution in [1.29, 1.82) is 0 Å². The Bertz CT molecular complexity index is 1110. The lowest BCUT2D eigenvalue weighted by Gasteiger charge is -2.37. The van der Waals surface area contributed by atoms with E-state index in [1.54, 1.807) is 0 Å². The molecular formula is C20H28ClN4O6S-. The summed E-state index contributed by atoms with van der Waals surface area (Å²) in [5.74, 6) is -2.97. The van der Waals surface area contributed by atoms with Crippen LogP contribution in [0.15, 0.2) is 23.0 Å². The molecule has 0 spiro atoms. The molecule has 12 heteroatoms. The van der Waals surface area contributed by atoms with Gasteiger partial charge < -0.3 is 25.3 Å². The number of nitrogens with one attached hydrogen (secondary N) is 1. The first-order valence-corrected chi connectivity index (χ1v) is 12.5. The van der Waals surface area contributed by atoms with Crippen LogP contribution in [0.4, 0.5) is 0 Å². The van der Waals surface area contributed by atoms with Crippen LogP contribution in [0.25, 0.3) is 11.0 Å². The Morgan fingerprint density at radius 2 is 1.91 bits per heavy atom. The quantitative estimate of drug-likeness (QED) is 0.534. The number of aliphatic carboxylic acids is 1. The molecule has 4 rings (SSSR count). The van der Waals surface area contributed by atoms with Gasteiger partial charge in [-0.05, 0) is 43.9 Å². The van der Waals surface area contributed by atoms with Gasteiger partial charge in [0.1, 0.15) is 15.9 Å². The monoisotopic (exact) mass is 487 g/mol. The Hall–Kier alpha value is -1.92. The predicted octanol–water partition coefficient (Wildman–Crippen LogP) is 1.51. The van der Waals surface area contributed by atoms with E-state index in [9.17, 15) is 22.6 Å². The normalized spacial score (nSPS) is 19.6. The first kappa shape index (κ1) is 24.7. The van der Waals surface area contributed by atoms with Crippen LogP contribution in [-0.4, -0.2) is 69.4 Å². The van der Waals surface area contributed by atoms with E-state index in [4.69, 9.17) is 22.4 Å². The average Bonchev–Trinajstić information content (AvgIpc) is 3.23. The highest BCUT2D eigenvalue weighted by molar-refractivity contribution is 7.86. The molecule has 1 aliphatic heterocycles. The van der Waals surface area contributed by atoms with Crippen LogP contribution < -0.4 is 11.4 Å². The molecule has 0 bridgehead atoms. The van der Waals surface area contributed by atoms with E-state index in [2.05, 4.69) is 9.88 Å². The number of H-pyrrole nitrogens is 1. The topological polar surface area (TPSA) is 162 Å². The van der Waals surface area contributed by atoms with E-state index in [1.807, 2.05) is 22.8 Å². The lowest BCUT2D eigenvalue weighted by atomic mass is 9.96. The van der Waals surface area contributed by atoms with Crippen LogP contribution in [0.1, 0.15) is 44.6 Å². The number of benzene rings is 1. The summed E-state index contributed by atoms with van der Waals surface area (Å²) in [6.07, 6.45) is 6.81. The van der Waals surface area contributed by atoms with Gasteiger partial charge >= 0.3 is 11.7 Å². The van der Waals surface area contributed by atoms with E-state index in [-0.39, 0.29) is 17.3 Å². The third kappa shape index (κ3) is 6.55. The molecule has 10 nitrogen and oxygen atoms in total. The van der Waals surface area contributed by atoms with E-state index >= 15 is 0 Å². The zero-order valence-electron chi connectivity index (χ0n) is 17.6. The summed E-state index contributed by atoms with van der Waals surface area (Å²) in [6, 6.07) is 5.86. The second kappa shape index (κ2) is 9.92. The zero-order valence-corrected chi connectivity index (χ0v) is 19.2. The number of nitrogens with zero attached hydrogens (tertiary/aromatic N) is 2. The van der Waals surface area contributed by atoms with Crippen molar-refractivity contribution in [1.82, 2.24) is 14.5 Å². The molecule has 0 radical (unpaired) electrons. The first-order chi connectivity index (χ1) is 15.0. The number of rotatable bonds is 5. The second-order valence-electron chi connectivity index (χ2n) is 8.63. The molecule has 32 heavy (non-hydrogen) atoms. The number of fused-ring (bicyclic) bond motifs is 1. The van der Waals surface area contributed by atoms with Crippen LogP contribution in [0, 0.1) is 0 Å². The molecule has 178 valence electrons. The minimum atomic E-state index is -4.57. The fourth-order valence-electron chi connectivity index (χ4n) is 4.64. The molecule has 2 heterocycles. The van der Waals surface area contributed by atoms with Gasteiger partial charge in [-0.2, -0.15) is 0 Å². The molecule has 4 N–H and O–H groups in total. The zero-order chi connectivity index (χ0) is 23.5. The third-order valence-electron chi connectivity index (χ3n) is 6.04. The van der Waals surface area contributed by atoms with Crippen molar-refractivity contribution in [2.45, 2.75) is 50.1 Å². The lowest BCUT2D eigenvalue weighted by molar-refractivity contribution is -0.134. The maximum absolute atomic E-state index is 12.4. The fraction of sp³-hybridized carbons (Fsp3) is 0.600. The average molecular weight is 488 g/mol. The summed E-state index contributed by atoms with van der Waals surface area (Å²) in [7, 11) is -4.57. The van der Waals surface area contributed by atoms with Gasteiger partial charge in [0.25, 0.3) is 0 Å². The summed E-state index contributed by atoms with van der Waals surface area (Å²) >= 11 is 6.03. The number of likely N-dealkylation sites (tertiary alicyclic amines) is 1. The van der Waals surface area contributed by atoms with Crippen molar-refractivity contribution >= 4 is 38.7 Å². The van der Waals surface area contributed by atoms with Gasteiger partial charge in [-0.3, -0.25) is 9.36 Å². The summed E-state index contributed by atoms with van der Waals surface area (Å²) in [5.41, 5.74) is 8.28. The maximum atomic E-state index is 12.4. The molecule has 2 aromatic rings. The minimum Gasteiger partial charge on any atom is -0.748 e. The van der Waals surface area contributed by atoms with Crippen LogP contribution in [0.5, 0.6) is 0 Å². The van der Waals surface area contributed by atoms with Crippen molar-refractivity contribution < 1.29 is 22.9 Å². The smallest absolute Gasteiger partial charge is 0.326 e. The molecule has 0 atom stereocenters. The Balaban J connectivity index is 0.000000312. The summed E-state index contributed by atoms with van der Waals surface area (Å²) in [4.78, 5) is 27.2. The standard InChI is InChI=1S/C18H25ClN4O.C2H4O5S/c19-13-3-4-16-15(11-13)21-17(24)23(16)14-5-9-22(10-6-14)12-18(20)7-1-2-8-18;3-2(4)1-8(5,6)7/h3-4,11,14H,1-2,5-10,12,20H2,(H,21,24);1H2,(H,3,4)(H,5,6,7)/p-1. The van der Waals surface area contributed by atoms with E-state index in [0.29, 0.717) is 5.02 Å². The van der Waals surface area contributed by atoms with Gasteiger partial charge in [0.05, 0.1) is 11.0 Å². The highest BCUT2D eigenvalue weighted by Gasteiger charge is 2.33. The number of hydrogen-bond donors (Lipinski definition) is 3. The van der Waals surface area contributed by atoms with E-state index in [0.717, 1.165) is 56.4 Å². The first-order valence-electron chi connectivity index (χ1n) is 10.5. The summed E-state index contributed by atoms with van der Waals surface area (Å²) < 4.78 is 30.4. The number of aromatic amines is 1. The summed E-state index contributed by atoms with van der Waals surface area (Å²) in [6.45, 7) is 3.02. The Labute approximate surface area is 191 Å². The van der Waals surface area contributed by atoms with Gasteiger partial charge in [-0.1, -0.05) is 24.4 Å². The van der Waals surface area contributed by atoms with Crippen LogP contribution in [-0.2, 0) is 14.9 Å². The lowest BCUT2D eigenvalue weighted by Crippen LogP contribution is -2.50. The number of carbonyl (C=O) groups is 1. The molecule has 1 saturated heterocycles. The van der Waals surface area contributed by atoms with Gasteiger partial charge in [0.2, 0.25) is 0 Å². The molecule has 2 aliphatic rings.